The molecule has 0 fully saturated rings. The van der Waals surface area contributed by atoms with Crippen LogP contribution in [0.25, 0.3) is 0 Å². The number of hydrogen-bond acceptors (Lipinski definition) is 3. The van der Waals surface area contributed by atoms with Gasteiger partial charge in [-0.05, 0) is 58.2 Å². The Morgan fingerprint density at radius 2 is 2.00 bits per heavy atom. The molecule has 0 unspecified atom stereocenters. The van der Waals surface area contributed by atoms with Gasteiger partial charge in [-0.25, -0.2) is 4.79 Å². The van der Waals surface area contributed by atoms with Crippen molar-refractivity contribution in [3.63, 3.8) is 0 Å². The summed E-state index contributed by atoms with van der Waals surface area (Å²) in [4.78, 5) is 23.5. The van der Waals surface area contributed by atoms with Crippen molar-refractivity contribution in [2.24, 2.45) is 0 Å². The largest absolute Gasteiger partial charge is 0.489 e. The molecule has 1 aromatic rings. The lowest BCUT2D eigenvalue weighted by Gasteiger charge is -2.16. The summed E-state index contributed by atoms with van der Waals surface area (Å²) in [5.74, 6) is -0.737. The number of anilines is 1. The number of benzene rings is 1. The normalized spacial score (nSPS) is 14.4. The lowest BCUT2D eigenvalue weighted by atomic mass is 10.1. The van der Waals surface area contributed by atoms with Crippen LogP contribution in [-0.2, 0) is 4.79 Å². The SMILES string of the molecule is CC1=C(C(=O)Nc2cc(C(=O)O)ccc2OC(C)C)CCC1. The molecule has 5 nitrogen and oxygen atoms in total. The zero-order valence-corrected chi connectivity index (χ0v) is 13.1. The van der Waals surface area contributed by atoms with Gasteiger partial charge in [-0.15, -0.1) is 0 Å². The van der Waals surface area contributed by atoms with Gasteiger partial charge in [0.2, 0.25) is 0 Å². The zero-order chi connectivity index (χ0) is 16.3. The Balaban J connectivity index is 2.30. The smallest absolute Gasteiger partial charge is 0.335 e. The Morgan fingerprint density at radius 1 is 1.27 bits per heavy atom. The van der Waals surface area contributed by atoms with Gasteiger partial charge in [0.25, 0.3) is 5.91 Å². The van der Waals surface area contributed by atoms with Crippen molar-refractivity contribution >= 4 is 17.6 Å². The molecule has 0 radical (unpaired) electrons. The van der Waals surface area contributed by atoms with Crippen molar-refractivity contribution in [3.8, 4) is 5.75 Å². The minimum absolute atomic E-state index is 0.0706. The van der Waals surface area contributed by atoms with E-state index >= 15 is 0 Å². The molecule has 0 saturated heterocycles. The Morgan fingerprint density at radius 3 is 2.55 bits per heavy atom. The first kappa shape index (κ1) is 16.1. The van der Waals surface area contributed by atoms with E-state index in [-0.39, 0.29) is 17.6 Å². The van der Waals surface area contributed by atoms with E-state index in [1.807, 2.05) is 20.8 Å². The fourth-order valence-electron chi connectivity index (χ4n) is 2.52. The molecule has 0 bridgehead atoms. The fourth-order valence-corrected chi connectivity index (χ4v) is 2.52. The van der Waals surface area contributed by atoms with Gasteiger partial charge in [0.15, 0.2) is 0 Å². The van der Waals surface area contributed by atoms with Gasteiger partial charge in [-0.2, -0.15) is 0 Å². The number of rotatable bonds is 5. The maximum absolute atomic E-state index is 12.4. The van der Waals surface area contributed by atoms with Crippen molar-refractivity contribution in [2.45, 2.75) is 46.1 Å². The molecule has 0 heterocycles. The summed E-state index contributed by atoms with van der Waals surface area (Å²) in [5, 5.41) is 11.9. The maximum atomic E-state index is 12.4. The third kappa shape index (κ3) is 3.67. The van der Waals surface area contributed by atoms with Crippen LogP contribution in [0.3, 0.4) is 0 Å². The predicted molar refractivity (Wildman–Crippen MR) is 84.3 cm³/mol. The van der Waals surface area contributed by atoms with Gasteiger partial charge in [-0.1, -0.05) is 5.57 Å². The highest BCUT2D eigenvalue weighted by atomic mass is 16.5. The standard InChI is InChI=1S/C17H21NO4/c1-10(2)22-15-8-7-12(17(20)21)9-14(15)18-16(19)13-6-4-5-11(13)3/h7-10H,4-6H2,1-3H3,(H,18,19)(H,20,21). The Labute approximate surface area is 130 Å². The summed E-state index contributed by atoms with van der Waals surface area (Å²) >= 11 is 0. The van der Waals surface area contributed by atoms with Crippen molar-refractivity contribution in [3.05, 3.63) is 34.9 Å². The first-order valence-electron chi connectivity index (χ1n) is 7.42. The second kappa shape index (κ2) is 6.64. The van der Waals surface area contributed by atoms with Crippen molar-refractivity contribution in [1.29, 1.82) is 0 Å². The first-order valence-corrected chi connectivity index (χ1v) is 7.42. The monoisotopic (exact) mass is 303 g/mol. The van der Waals surface area contributed by atoms with Gasteiger partial charge in [0.05, 0.1) is 17.4 Å². The highest BCUT2D eigenvalue weighted by Gasteiger charge is 2.20. The fraction of sp³-hybridized carbons (Fsp3) is 0.412. The minimum atomic E-state index is -1.04. The Hall–Kier alpha value is -2.30. The quantitative estimate of drug-likeness (QED) is 0.871. The Kier molecular flexibility index (Phi) is 4.85. The molecule has 0 aliphatic heterocycles. The molecule has 2 rings (SSSR count). The van der Waals surface area contributed by atoms with Gasteiger partial charge in [-0.3, -0.25) is 4.79 Å². The second-order valence-electron chi connectivity index (χ2n) is 5.75. The molecule has 1 amide bonds. The number of carbonyl (C=O) groups excluding carboxylic acids is 1. The van der Waals surface area contributed by atoms with E-state index in [1.54, 1.807) is 6.07 Å². The summed E-state index contributed by atoms with van der Waals surface area (Å²) in [7, 11) is 0. The number of ether oxygens (including phenoxy) is 1. The lowest BCUT2D eigenvalue weighted by molar-refractivity contribution is -0.113. The average molecular weight is 303 g/mol. The highest BCUT2D eigenvalue weighted by molar-refractivity contribution is 6.06. The molecule has 1 aliphatic carbocycles. The van der Waals surface area contributed by atoms with Crippen molar-refractivity contribution in [1.82, 2.24) is 0 Å². The third-order valence-electron chi connectivity index (χ3n) is 3.61. The number of allylic oxidation sites excluding steroid dienone is 1. The molecular weight excluding hydrogens is 282 g/mol. The Bertz CT molecular complexity index is 632. The molecule has 1 aliphatic rings. The molecule has 0 saturated carbocycles. The molecule has 5 heteroatoms. The minimum Gasteiger partial charge on any atom is -0.489 e. The van der Waals surface area contributed by atoms with Crippen molar-refractivity contribution in [2.75, 3.05) is 5.32 Å². The van der Waals surface area contributed by atoms with Crippen LogP contribution in [0.1, 0.15) is 50.4 Å². The van der Waals surface area contributed by atoms with E-state index in [0.29, 0.717) is 11.4 Å². The summed E-state index contributed by atoms with van der Waals surface area (Å²) in [6, 6.07) is 4.48. The number of carbonyl (C=O) groups is 2. The average Bonchev–Trinajstić information content (AvgIpc) is 2.86. The molecule has 2 N–H and O–H groups in total. The van der Waals surface area contributed by atoms with E-state index in [9.17, 15) is 9.59 Å². The van der Waals surface area contributed by atoms with E-state index in [4.69, 9.17) is 9.84 Å². The third-order valence-corrected chi connectivity index (χ3v) is 3.61. The van der Waals surface area contributed by atoms with Crippen LogP contribution in [0.15, 0.2) is 29.3 Å². The van der Waals surface area contributed by atoms with Crippen LogP contribution < -0.4 is 10.1 Å². The summed E-state index contributed by atoms with van der Waals surface area (Å²) in [6.07, 6.45) is 2.61. The van der Waals surface area contributed by atoms with Gasteiger partial charge in [0.1, 0.15) is 5.75 Å². The summed E-state index contributed by atoms with van der Waals surface area (Å²) < 4.78 is 5.65. The van der Waals surface area contributed by atoms with Crippen LogP contribution in [0.5, 0.6) is 5.75 Å². The maximum Gasteiger partial charge on any atom is 0.335 e. The van der Waals surface area contributed by atoms with Crippen molar-refractivity contribution < 1.29 is 19.4 Å². The number of nitrogens with one attached hydrogen (secondary N) is 1. The molecule has 22 heavy (non-hydrogen) atoms. The van der Waals surface area contributed by atoms with E-state index < -0.39 is 5.97 Å². The molecule has 0 spiro atoms. The summed E-state index contributed by atoms with van der Waals surface area (Å²) in [5.41, 5.74) is 2.39. The first-order chi connectivity index (χ1) is 10.4. The molecule has 1 aromatic carbocycles. The predicted octanol–water partition coefficient (Wildman–Crippen LogP) is 3.61. The lowest BCUT2D eigenvalue weighted by Crippen LogP contribution is -2.16. The van der Waals surface area contributed by atoms with Gasteiger partial charge >= 0.3 is 5.97 Å². The van der Waals surface area contributed by atoms with Gasteiger partial charge < -0.3 is 15.2 Å². The summed E-state index contributed by atoms with van der Waals surface area (Å²) in [6.45, 7) is 5.71. The topological polar surface area (TPSA) is 75.6 Å². The van der Waals surface area contributed by atoms with E-state index in [0.717, 1.165) is 30.4 Å². The zero-order valence-electron chi connectivity index (χ0n) is 13.1. The molecule has 0 atom stereocenters. The highest BCUT2D eigenvalue weighted by Crippen LogP contribution is 2.30. The number of amides is 1. The second-order valence-corrected chi connectivity index (χ2v) is 5.75. The van der Waals surface area contributed by atoms with Crippen LogP contribution in [0, 0.1) is 0 Å². The van der Waals surface area contributed by atoms with Crippen LogP contribution in [0.4, 0.5) is 5.69 Å². The number of carboxylic acid groups (broad SMARTS) is 1. The number of carboxylic acids is 1. The van der Waals surface area contributed by atoms with Crippen LogP contribution >= 0.6 is 0 Å². The molecule has 0 aromatic heterocycles. The number of aromatic carboxylic acids is 1. The van der Waals surface area contributed by atoms with E-state index in [2.05, 4.69) is 5.32 Å². The van der Waals surface area contributed by atoms with Crippen LogP contribution in [-0.4, -0.2) is 23.1 Å². The van der Waals surface area contributed by atoms with Crippen LogP contribution in [0.2, 0.25) is 0 Å². The molecule has 118 valence electrons. The molecular formula is C17H21NO4. The van der Waals surface area contributed by atoms with Gasteiger partial charge in [0, 0.05) is 5.57 Å². The van der Waals surface area contributed by atoms with E-state index in [1.165, 1.54) is 12.1 Å². The number of hydrogen-bond donors (Lipinski definition) is 2.